The highest BCUT2D eigenvalue weighted by atomic mass is 16.5. The van der Waals surface area contributed by atoms with E-state index in [1.165, 1.54) is 5.56 Å². The van der Waals surface area contributed by atoms with Gasteiger partial charge in [-0.3, -0.25) is 4.79 Å². The largest absolute Gasteiger partial charge is 0.368 e. The number of hydrogen-bond acceptors (Lipinski definition) is 4. The minimum absolute atomic E-state index is 0.179. The fourth-order valence-electron chi connectivity index (χ4n) is 4.71. The highest BCUT2D eigenvalue weighted by Crippen LogP contribution is 2.53. The lowest BCUT2D eigenvalue weighted by Crippen LogP contribution is -2.49. The van der Waals surface area contributed by atoms with Crippen molar-refractivity contribution in [3.8, 4) is 11.4 Å². The van der Waals surface area contributed by atoms with Crippen molar-refractivity contribution in [2.24, 2.45) is 11.3 Å². The molecule has 28 heavy (non-hydrogen) atoms. The van der Waals surface area contributed by atoms with E-state index in [-0.39, 0.29) is 16.9 Å². The number of rotatable bonds is 2. The molecule has 1 aromatic heterocycles. The molecular weight excluding hydrogens is 350 g/mol. The lowest BCUT2D eigenvalue weighted by atomic mass is 9.83. The predicted octanol–water partition coefficient (Wildman–Crippen LogP) is 3.58. The molecular formula is C23H27N3O2. The van der Waals surface area contributed by atoms with E-state index in [0.717, 1.165) is 55.9 Å². The van der Waals surface area contributed by atoms with Crippen LogP contribution in [-0.4, -0.2) is 40.5 Å². The molecule has 1 aliphatic carbocycles. The van der Waals surface area contributed by atoms with Gasteiger partial charge in [0.15, 0.2) is 5.82 Å². The number of likely N-dealkylation sites (tertiary alicyclic amines) is 1. The van der Waals surface area contributed by atoms with E-state index >= 15 is 0 Å². The van der Waals surface area contributed by atoms with Crippen molar-refractivity contribution >= 4 is 5.91 Å². The second-order valence-electron chi connectivity index (χ2n) is 9.10. The van der Waals surface area contributed by atoms with Gasteiger partial charge in [0, 0.05) is 30.8 Å². The molecule has 3 aliphatic rings. The summed E-state index contributed by atoms with van der Waals surface area (Å²) >= 11 is 0. The van der Waals surface area contributed by atoms with Gasteiger partial charge in [0.2, 0.25) is 5.91 Å². The van der Waals surface area contributed by atoms with Gasteiger partial charge in [-0.15, -0.1) is 0 Å². The summed E-state index contributed by atoms with van der Waals surface area (Å²) in [5.41, 5.74) is 3.04. The van der Waals surface area contributed by atoms with E-state index < -0.39 is 0 Å². The Labute approximate surface area is 166 Å². The zero-order valence-electron chi connectivity index (χ0n) is 16.6. The van der Waals surface area contributed by atoms with Gasteiger partial charge in [-0.05, 0) is 36.7 Å². The van der Waals surface area contributed by atoms with Crippen molar-refractivity contribution < 1.29 is 9.53 Å². The SMILES string of the molecule is CC1(C)CC1C(=O)N1CCC2(CC1)OCCc1cnc(-c3ccccc3)nc12. The van der Waals surface area contributed by atoms with Crippen LogP contribution in [0.3, 0.4) is 0 Å². The number of benzene rings is 1. The first-order valence-electron chi connectivity index (χ1n) is 10.3. The number of carbonyl (C=O) groups excluding carboxylic acids is 1. The Bertz CT molecular complexity index is 901. The second-order valence-corrected chi connectivity index (χ2v) is 9.10. The first kappa shape index (κ1) is 17.8. The molecule has 1 saturated carbocycles. The number of amides is 1. The summed E-state index contributed by atoms with van der Waals surface area (Å²) in [4.78, 5) is 24.4. The van der Waals surface area contributed by atoms with E-state index in [4.69, 9.17) is 9.72 Å². The predicted molar refractivity (Wildman–Crippen MR) is 107 cm³/mol. The summed E-state index contributed by atoms with van der Waals surface area (Å²) < 4.78 is 6.34. The summed E-state index contributed by atoms with van der Waals surface area (Å²) in [6.07, 6.45) is 5.46. The lowest BCUT2D eigenvalue weighted by molar-refractivity contribution is -0.143. The number of ether oxygens (including phenoxy) is 1. The van der Waals surface area contributed by atoms with E-state index in [1.807, 2.05) is 41.4 Å². The van der Waals surface area contributed by atoms with E-state index in [2.05, 4.69) is 18.8 Å². The fraction of sp³-hybridized carbons (Fsp3) is 0.522. The van der Waals surface area contributed by atoms with Crippen LogP contribution in [0.4, 0.5) is 0 Å². The van der Waals surface area contributed by atoms with E-state index in [0.29, 0.717) is 12.5 Å². The van der Waals surface area contributed by atoms with Crippen molar-refractivity contribution in [3.05, 3.63) is 47.8 Å². The van der Waals surface area contributed by atoms with Crippen LogP contribution >= 0.6 is 0 Å². The lowest BCUT2D eigenvalue weighted by Gasteiger charge is -2.44. The number of nitrogens with zero attached hydrogens (tertiary/aromatic N) is 3. The first-order chi connectivity index (χ1) is 13.5. The molecule has 1 aromatic carbocycles. The molecule has 0 radical (unpaired) electrons. The summed E-state index contributed by atoms with van der Waals surface area (Å²) in [7, 11) is 0. The normalized spacial score (nSPS) is 24.6. The maximum atomic E-state index is 12.8. The van der Waals surface area contributed by atoms with Crippen LogP contribution in [0.1, 0.15) is 44.4 Å². The summed E-state index contributed by atoms with van der Waals surface area (Å²) in [5.74, 6) is 1.28. The minimum atomic E-state index is -0.379. The van der Waals surface area contributed by atoms with Gasteiger partial charge >= 0.3 is 0 Å². The Morgan fingerprint density at radius 2 is 1.89 bits per heavy atom. The Morgan fingerprint density at radius 3 is 2.57 bits per heavy atom. The van der Waals surface area contributed by atoms with Crippen LogP contribution in [0.2, 0.25) is 0 Å². The standard InChI is InChI=1S/C23H27N3O2/c1-22(2)14-18(22)21(27)26-11-9-23(10-12-26)19-17(8-13-28-23)15-24-20(25-19)16-6-4-3-5-7-16/h3-7,15,18H,8-14H2,1-2H3. The molecule has 5 rings (SSSR count). The molecule has 0 bridgehead atoms. The number of carbonyl (C=O) groups is 1. The number of fused-ring (bicyclic) bond motifs is 2. The van der Waals surface area contributed by atoms with Gasteiger partial charge < -0.3 is 9.64 Å². The van der Waals surface area contributed by atoms with Crippen molar-refractivity contribution in [1.29, 1.82) is 0 Å². The van der Waals surface area contributed by atoms with Crippen LogP contribution in [0.25, 0.3) is 11.4 Å². The Balaban J connectivity index is 1.40. The van der Waals surface area contributed by atoms with E-state index in [1.54, 1.807) is 0 Å². The molecule has 3 heterocycles. The summed E-state index contributed by atoms with van der Waals surface area (Å²) in [6.45, 7) is 6.56. The molecule has 1 saturated heterocycles. The summed E-state index contributed by atoms with van der Waals surface area (Å²) in [6, 6.07) is 10.1. The van der Waals surface area contributed by atoms with Gasteiger partial charge in [-0.1, -0.05) is 44.2 Å². The van der Waals surface area contributed by atoms with Crippen LogP contribution < -0.4 is 0 Å². The quantitative estimate of drug-likeness (QED) is 0.803. The van der Waals surface area contributed by atoms with Crippen molar-refractivity contribution in [3.63, 3.8) is 0 Å². The fourth-order valence-corrected chi connectivity index (χ4v) is 4.71. The van der Waals surface area contributed by atoms with Gasteiger partial charge in [0.1, 0.15) is 5.60 Å². The molecule has 1 atom stereocenters. The number of aromatic nitrogens is 2. The number of hydrogen-bond donors (Lipinski definition) is 0. The Hall–Kier alpha value is -2.27. The molecule has 2 aliphatic heterocycles. The van der Waals surface area contributed by atoms with Crippen molar-refractivity contribution in [2.75, 3.05) is 19.7 Å². The molecule has 5 nitrogen and oxygen atoms in total. The molecule has 2 aromatic rings. The van der Waals surface area contributed by atoms with Crippen LogP contribution in [0, 0.1) is 11.3 Å². The highest BCUT2D eigenvalue weighted by Gasteiger charge is 2.53. The molecule has 5 heteroatoms. The van der Waals surface area contributed by atoms with Crippen molar-refractivity contribution in [2.45, 2.75) is 45.1 Å². The molecule has 2 fully saturated rings. The average Bonchev–Trinajstić information content (AvgIpc) is 3.37. The maximum Gasteiger partial charge on any atom is 0.226 e. The molecule has 0 N–H and O–H groups in total. The zero-order valence-corrected chi connectivity index (χ0v) is 16.6. The monoisotopic (exact) mass is 377 g/mol. The van der Waals surface area contributed by atoms with Crippen LogP contribution in [0.15, 0.2) is 36.5 Å². The highest BCUT2D eigenvalue weighted by molar-refractivity contribution is 5.82. The van der Waals surface area contributed by atoms with E-state index in [9.17, 15) is 4.79 Å². The minimum Gasteiger partial charge on any atom is -0.368 e. The second kappa shape index (κ2) is 6.38. The third-order valence-corrected chi connectivity index (χ3v) is 6.77. The first-order valence-corrected chi connectivity index (χ1v) is 10.3. The molecule has 1 unspecified atom stereocenters. The van der Waals surface area contributed by atoms with Gasteiger partial charge in [0.25, 0.3) is 0 Å². The van der Waals surface area contributed by atoms with Gasteiger partial charge in [-0.25, -0.2) is 9.97 Å². The van der Waals surface area contributed by atoms with Gasteiger partial charge in [-0.2, -0.15) is 0 Å². The third kappa shape index (κ3) is 2.93. The molecule has 1 spiro atoms. The molecule has 1 amide bonds. The van der Waals surface area contributed by atoms with Crippen molar-refractivity contribution in [1.82, 2.24) is 14.9 Å². The van der Waals surface area contributed by atoms with Crippen LogP contribution in [-0.2, 0) is 21.6 Å². The average molecular weight is 377 g/mol. The Kier molecular flexibility index (Phi) is 4.05. The van der Waals surface area contributed by atoms with Gasteiger partial charge in [0.05, 0.1) is 12.3 Å². The van der Waals surface area contributed by atoms with Crippen LogP contribution in [0.5, 0.6) is 0 Å². The Morgan fingerprint density at radius 1 is 1.18 bits per heavy atom. The topological polar surface area (TPSA) is 55.3 Å². The smallest absolute Gasteiger partial charge is 0.226 e. The summed E-state index contributed by atoms with van der Waals surface area (Å²) in [5, 5.41) is 0. The maximum absolute atomic E-state index is 12.8. The molecule has 146 valence electrons. The third-order valence-electron chi connectivity index (χ3n) is 6.77. The number of piperidine rings is 1. The zero-order chi connectivity index (χ0) is 19.4.